The molecule has 27 heavy (non-hydrogen) atoms. The van der Waals surface area contributed by atoms with Crippen molar-refractivity contribution in [3.8, 4) is 5.75 Å². The van der Waals surface area contributed by atoms with E-state index in [2.05, 4.69) is 13.8 Å². The van der Waals surface area contributed by atoms with Gasteiger partial charge >= 0.3 is 0 Å². The van der Waals surface area contributed by atoms with Crippen molar-refractivity contribution in [3.05, 3.63) is 29.8 Å². The Hall–Kier alpha value is -1.44. The van der Waals surface area contributed by atoms with Crippen LogP contribution in [0.25, 0.3) is 0 Å². The predicted octanol–water partition coefficient (Wildman–Crippen LogP) is 2.81. The van der Waals surface area contributed by atoms with Crippen LogP contribution in [0.1, 0.15) is 43.5 Å². The summed E-state index contributed by atoms with van der Waals surface area (Å²) in [5, 5.41) is 0. The highest BCUT2D eigenvalue weighted by molar-refractivity contribution is 7.86. The minimum absolute atomic E-state index is 0.0925. The van der Waals surface area contributed by atoms with Crippen LogP contribution in [0.5, 0.6) is 5.75 Å². The van der Waals surface area contributed by atoms with Crippen molar-refractivity contribution in [1.29, 1.82) is 0 Å². The first kappa shape index (κ1) is 20.3. The molecule has 2 aliphatic heterocycles. The van der Waals surface area contributed by atoms with Crippen LogP contribution in [-0.4, -0.2) is 56.1 Å². The molecule has 0 bridgehead atoms. The van der Waals surface area contributed by atoms with Crippen LogP contribution in [0.15, 0.2) is 24.3 Å². The molecular formula is C20H30N2O4S. The fourth-order valence-corrected chi connectivity index (χ4v) is 6.18. The molecule has 0 amide bonds. The third kappa shape index (κ3) is 4.52. The normalized spacial score (nSPS) is 26.0. The first-order valence-corrected chi connectivity index (χ1v) is 11.1. The summed E-state index contributed by atoms with van der Waals surface area (Å²) >= 11 is 0. The highest BCUT2D eigenvalue weighted by Gasteiger charge is 2.37. The maximum atomic E-state index is 13.0. The van der Waals surface area contributed by atoms with E-state index < -0.39 is 10.2 Å². The van der Waals surface area contributed by atoms with Crippen molar-refractivity contribution in [2.24, 2.45) is 17.8 Å². The van der Waals surface area contributed by atoms with Crippen LogP contribution in [0.3, 0.4) is 0 Å². The van der Waals surface area contributed by atoms with Crippen molar-refractivity contribution in [2.75, 3.05) is 33.3 Å². The van der Waals surface area contributed by atoms with Crippen LogP contribution in [0, 0.1) is 17.8 Å². The number of ketones is 1. The Bertz CT molecular complexity index is 745. The topological polar surface area (TPSA) is 66.9 Å². The molecule has 0 spiro atoms. The Morgan fingerprint density at radius 2 is 1.56 bits per heavy atom. The van der Waals surface area contributed by atoms with Crippen molar-refractivity contribution in [2.45, 2.75) is 33.1 Å². The summed E-state index contributed by atoms with van der Waals surface area (Å²) in [6.07, 6.45) is 2.22. The maximum absolute atomic E-state index is 13.0. The van der Waals surface area contributed by atoms with E-state index in [0.29, 0.717) is 56.4 Å². The number of carbonyl (C=O) groups excluding carboxylic acids is 1. The van der Waals surface area contributed by atoms with Crippen molar-refractivity contribution >= 4 is 16.0 Å². The van der Waals surface area contributed by atoms with E-state index in [1.165, 1.54) is 0 Å². The number of methoxy groups -OCH3 is 1. The number of piperidine rings is 2. The molecule has 2 heterocycles. The van der Waals surface area contributed by atoms with Gasteiger partial charge in [0.2, 0.25) is 0 Å². The van der Waals surface area contributed by atoms with Gasteiger partial charge in [0.1, 0.15) is 5.75 Å². The minimum atomic E-state index is -3.43. The maximum Gasteiger partial charge on any atom is 0.281 e. The van der Waals surface area contributed by atoms with Crippen LogP contribution >= 0.6 is 0 Å². The number of hydrogen-bond donors (Lipinski definition) is 0. The van der Waals surface area contributed by atoms with Gasteiger partial charge in [0.05, 0.1) is 7.11 Å². The van der Waals surface area contributed by atoms with Gasteiger partial charge in [-0.05, 0) is 55.4 Å². The number of hydrogen-bond acceptors (Lipinski definition) is 4. The quantitative estimate of drug-likeness (QED) is 0.720. The number of rotatable bonds is 5. The summed E-state index contributed by atoms with van der Waals surface area (Å²) in [5.41, 5.74) is 0.663. The smallest absolute Gasteiger partial charge is 0.281 e. The van der Waals surface area contributed by atoms with Gasteiger partial charge in [-0.1, -0.05) is 13.8 Å². The summed E-state index contributed by atoms with van der Waals surface area (Å²) in [6, 6.07) is 7.12. The lowest BCUT2D eigenvalue weighted by Crippen LogP contribution is -2.51. The molecule has 0 radical (unpaired) electrons. The van der Waals surface area contributed by atoms with Crippen LogP contribution in [0.4, 0.5) is 0 Å². The third-order valence-electron chi connectivity index (χ3n) is 5.69. The summed E-state index contributed by atoms with van der Waals surface area (Å²) in [7, 11) is -1.84. The number of carbonyl (C=O) groups is 1. The second-order valence-corrected chi connectivity index (χ2v) is 9.97. The molecular weight excluding hydrogens is 364 g/mol. The number of ether oxygens (including phenoxy) is 1. The zero-order chi connectivity index (χ0) is 19.6. The molecule has 150 valence electrons. The Kier molecular flexibility index (Phi) is 6.23. The zero-order valence-corrected chi connectivity index (χ0v) is 17.2. The van der Waals surface area contributed by atoms with Gasteiger partial charge in [0, 0.05) is 37.7 Å². The second-order valence-electron chi connectivity index (χ2n) is 8.04. The van der Waals surface area contributed by atoms with Crippen molar-refractivity contribution in [1.82, 2.24) is 8.61 Å². The molecule has 1 aromatic rings. The van der Waals surface area contributed by atoms with Gasteiger partial charge in [-0.3, -0.25) is 4.79 Å². The van der Waals surface area contributed by atoms with E-state index >= 15 is 0 Å². The number of Topliss-reactive ketones (excluding diaryl/α,β-unsaturated/α-hetero) is 1. The van der Waals surface area contributed by atoms with Gasteiger partial charge in [-0.25, -0.2) is 0 Å². The first-order chi connectivity index (χ1) is 12.8. The molecule has 1 aromatic carbocycles. The van der Waals surface area contributed by atoms with Crippen LogP contribution in [0.2, 0.25) is 0 Å². The third-order valence-corrected chi connectivity index (χ3v) is 7.66. The zero-order valence-electron chi connectivity index (χ0n) is 16.4. The second kappa shape index (κ2) is 8.29. The van der Waals surface area contributed by atoms with Gasteiger partial charge in [0.25, 0.3) is 10.2 Å². The Balaban J connectivity index is 1.61. The van der Waals surface area contributed by atoms with E-state index in [0.717, 1.165) is 12.2 Å². The average molecular weight is 395 g/mol. The Morgan fingerprint density at radius 3 is 2.07 bits per heavy atom. The molecule has 7 heteroatoms. The highest BCUT2D eigenvalue weighted by Crippen LogP contribution is 2.28. The van der Waals surface area contributed by atoms with Crippen LogP contribution in [-0.2, 0) is 10.2 Å². The Morgan fingerprint density at radius 1 is 1.00 bits per heavy atom. The average Bonchev–Trinajstić information content (AvgIpc) is 2.67. The molecule has 0 N–H and O–H groups in total. The van der Waals surface area contributed by atoms with Gasteiger partial charge < -0.3 is 4.74 Å². The molecule has 0 saturated carbocycles. The summed E-state index contributed by atoms with van der Waals surface area (Å²) in [6.45, 7) is 6.23. The lowest BCUT2D eigenvalue weighted by atomic mass is 9.89. The number of benzene rings is 1. The lowest BCUT2D eigenvalue weighted by Gasteiger charge is -2.39. The molecule has 2 atom stereocenters. The monoisotopic (exact) mass is 394 g/mol. The lowest BCUT2D eigenvalue weighted by molar-refractivity contribution is 0.0871. The predicted molar refractivity (Wildman–Crippen MR) is 105 cm³/mol. The molecule has 2 saturated heterocycles. The van der Waals surface area contributed by atoms with E-state index in [9.17, 15) is 13.2 Å². The Labute approximate surface area is 162 Å². The fraction of sp³-hybridized carbons (Fsp3) is 0.650. The van der Waals surface area contributed by atoms with E-state index in [-0.39, 0.29) is 11.7 Å². The molecule has 0 unspecified atom stereocenters. The van der Waals surface area contributed by atoms with Crippen molar-refractivity contribution < 1.29 is 17.9 Å². The summed E-state index contributed by atoms with van der Waals surface area (Å²) in [5.74, 6) is 1.46. The molecule has 0 aliphatic carbocycles. The largest absolute Gasteiger partial charge is 0.497 e. The molecule has 6 nitrogen and oxygen atoms in total. The number of nitrogens with zero attached hydrogens (tertiary/aromatic N) is 2. The standard InChI is InChI=1S/C20H30N2O4S/c1-15-12-16(2)14-22(13-15)27(24,25)21-10-8-18(9-11-21)20(23)17-4-6-19(26-3)7-5-17/h4-7,15-16,18H,8-14H2,1-3H3/t15-,16-/m0/s1. The molecule has 3 rings (SSSR count). The molecule has 2 fully saturated rings. The molecule has 2 aliphatic rings. The van der Waals surface area contributed by atoms with Gasteiger partial charge in [-0.2, -0.15) is 17.0 Å². The van der Waals surface area contributed by atoms with Crippen molar-refractivity contribution in [3.63, 3.8) is 0 Å². The SMILES string of the molecule is COc1ccc(C(=O)C2CCN(S(=O)(=O)N3C[C@@H](C)C[C@H](C)C3)CC2)cc1. The summed E-state index contributed by atoms with van der Waals surface area (Å²) in [4.78, 5) is 12.7. The van der Waals surface area contributed by atoms with E-state index in [1.54, 1.807) is 40.0 Å². The highest BCUT2D eigenvalue weighted by atomic mass is 32.2. The summed E-state index contributed by atoms with van der Waals surface area (Å²) < 4.78 is 34.3. The van der Waals surface area contributed by atoms with Gasteiger partial charge in [-0.15, -0.1) is 0 Å². The van der Waals surface area contributed by atoms with E-state index in [1.807, 2.05) is 0 Å². The van der Waals surface area contributed by atoms with Crippen LogP contribution < -0.4 is 4.74 Å². The van der Waals surface area contributed by atoms with E-state index in [4.69, 9.17) is 4.74 Å². The van der Waals surface area contributed by atoms with Gasteiger partial charge in [0.15, 0.2) is 5.78 Å². The first-order valence-electron chi connectivity index (χ1n) is 9.74. The fourth-order valence-electron chi connectivity index (χ4n) is 4.30. The molecule has 0 aromatic heterocycles. The minimum Gasteiger partial charge on any atom is -0.497 e.